The van der Waals surface area contributed by atoms with Gasteiger partial charge in [0.1, 0.15) is 98.1 Å². The molecule has 1 aliphatic carbocycles. The standard InChI is InChI=1S/C29H30O6.C26H32N2O3.C17H28O8.C15H26O6.C12H15N3O6/c1-29(20-2-8-23(9-3-20)30-14-26-17-33-26,21-4-10-24(11-5-21)31-15-27-18-34-27)22-6-12-25(13-7-22)32-16-28-19-35-28;1-2-21(1)12-27(13-24-16-29-24)22-7-3-19(4-8-22)11-20-5-9-23(10-6-20)28(14-25-17-30-25)15-26-18-31-26;1(13-5-22-13)18-9-17(10-19-2-14-6-23-14,11-20-3-15-7-24-15)12-21-4-16-8-25-16;1-2-15(9-16-3-12-6-19-12,10-17-4-13-7-20-13)11-18-5-14-8-21-14;16-10-13(1-7-4-19-7)11(17)15(3-9-6-21-9)12(18)14(10)2-8-5-20-8/h2-13,26-28H,14-19H2,1H3;3-10,21,24-26H,1-2,11-18H2;13-16H,1-12H2;12-14H,2-11H2,1H3;7-9H,1-6H2. The van der Waals surface area contributed by atoms with Crippen molar-refractivity contribution in [3.05, 3.63) is 181 Å². The Hall–Kier alpha value is -7.41. The summed E-state index contributed by atoms with van der Waals surface area (Å²) in [7, 11) is 0. The van der Waals surface area contributed by atoms with E-state index in [4.69, 9.17) is 123 Å². The first-order valence-corrected chi connectivity index (χ1v) is 47.9. The number of rotatable bonds is 59. The van der Waals surface area contributed by atoms with Crippen LogP contribution in [0, 0.1) is 16.7 Å². The summed E-state index contributed by atoms with van der Waals surface area (Å²) in [4.78, 5) is 42.0. The lowest BCUT2D eigenvalue weighted by Crippen LogP contribution is -2.55. The summed E-state index contributed by atoms with van der Waals surface area (Å²) in [5.74, 6) is 3.44. The maximum absolute atomic E-state index is 12.4. The molecular weight excluding hydrogens is 1720 g/mol. The molecule has 16 atom stereocenters. The Balaban J connectivity index is 0.000000109. The zero-order chi connectivity index (χ0) is 90.3. The molecule has 1 aromatic heterocycles. The van der Waals surface area contributed by atoms with Crippen LogP contribution in [0.1, 0.15) is 60.9 Å². The van der Waals surface area contributed by atoms with Gasteiger partial charge in [0.05, 0.1) is 260 Å². The summed E-state index contributed by atoms with van der Waals surface area (Å²) in [5, 5.41) is 0. The van der Waals surface area contributed by atoms with Gasteiger partial charge >= 0.3 is 17.1 Å². The number of hydrogen-bond donors (Lipinski definition) is 0. The van der Waals surface area contributed by atoms with Gasteiger partial charge in [-0.3, -0.25) is 0 Å². The third-order valence-electron chi connectivity index (χ3n) is 25.8. The number of hydrogen-bond acceptors (Lipinski definition) is 31. The zero-order valence-electron chi connectivity index (χ0n) is 76.5. The first-order valence-electron chi connectivity index (χ1n) is 47.9. The van der Waals surface area contributed by atoms with E-state index in [9.17, 15) is 14.4 Å². The maximum atomic E-state index is 12.4. The lowest BCUT2D eigenvalue weighted by molar-refractivity contribution is -0.111. The van der Waals surface area contributed by atoms with E-state index in [2.05, 4.69) is 109 Å². The highest BCUT2D eigenvalue weighted by atomic mass is 16.7. The van der Waals surface area contributed by atoms with Gasteiger partial charge in [-0.25, -0.2) is 28.1 Å². The SMILES string of the molecule is C(OCC(COCC1CO1)(COCC1CO1)COCC1CO1)C1CO1.CC(c1ccc(OCC2CO2)cc1)(c1ccc(OCC2CO2)cc1)c1ccc(OCC2CO2)cc1.CCC(COCC1CO1)(COCC1CO1)COCC1CO1.O=c1n(CC2CO2)c(=O)n(CC2CO2)c(=O)n1CC1CO1.c1cc(N(CC2CC2)CC2CO2)ccc1Cc1ccc(N(CC2CO2)CC2CO2)cc1. The number of epoxide rings is 16. The second-order valence-electron chi connectivity index (χ2n) is 38.3. The van der Waals surface area contributed by atoms with Crippen molar-refractivity contribution in [3.8, 4) is 17.2 Å². The zero-order valence-corrected chi connectivity index (χ0v) is 76.5. The van der Waals surface area contributed by atoms with Gasteiger partial charge in [0, 0.05) is 48.4 Å². The van der Waals surface area contributed by atoms with E-state index in [1.807, 2.05) is 36.4 Å². The van der Waals surface area contributed by atoms with Crippen molar-refractivity contribution in [2.24, 2.45) is 16.7 Å². The molecule has 16 saturated heterocycles. The van der Waals surface area contributed by atoms with Crippen LogP contribution in [0.5, 0.6) is 17.2 Å². The molecule has 34 nitrogen and oxygen atoms in total. The molecule has 6 aromatic rings. The molecule has 16 aliphatic heterocycles. The highest BCUT2D eigenvalue weighted by molar-refractivity contribution is 5.54. The molecule has 726 valence electrons. The van der Waals surface area contributed by atoms with Crippen molar-refractivity contribution in [3.63, 3.8) is 0 Å². The second-order valence-corrected chi connectivity index (χ2v) is 38.3. The summed E-state index contributed by atoms with van der Waals surface area (Å²) >= 11 is 0. The van der Waals surface area contributed by atoms with Crippen LogP contribution in [0.25, 0.3) is 0 Å². The summed E-state index contributed by atoms with van der Waals surface area (Å²) < 4.78 is 146. The quantitative estimate of drug-likeness (QED) is 0.0336. The van der Waals surface area contributed by atoms with Crippen LogP contribution in [0.3, 0.4) is 0 Å². The first kappa shape index (κ1) is 94.6. The van der Waals surface area contributed by atoms with Crippen LogP contribution in [0.2, 0.25) is 0 Å². The normalized spacial score (nSPS) is 28.6. The van der Waals surface area contributed by atoms with Gasteiger partial charge in [-0.2, -0.15) is 0 Å². The lowest BCUT2D eigenvalue weighted by atomic mass is 9.71. The number of aromatic nitrogens is 3. The van der Waals surface area contributed by atoms with Crippen molar-refractivity contribution in [1.82, 2.24) is 13.7 Å². The Morgan fingerprint density at radius 2 is 0.511 bits per heavy atom. The average Bonchev–Trinajstić information content (AvgIpc) is 1.77. The molecule has 0 N–H and O–H groups in total. The van der Waals surface area contributed by atoms with E-state index < -0.39 is 17.1 Å². The largest absolute Gasteiger partial charge is 0.491 e. The van der Waals surface area contributed by atoms with Crippen LogP contribution >= 0.6 is 0 Å². The molecule has 17 fully saturated rings. The average molecular weight is 1860 g/mol. The molecule has 1 saturated carbocycles. The fourth-order valence-electron chi connectivity index (χ4n) is 15.5. The topological polar surface area (TPSA) is 365 Å². The van der Waals surface area contributed by atoms with E-state index >= 15 is 0 Å². The fourth-order valence-corrected chi connectivity index (χ4v) is 15.5. The summed E-state index contributed by atoms with van der Waals surface area (Å²) in [6.07, 6.45) is 8.07. The van der Waals surface area contributed by atoms with Crippen LogP contribution in [-0.2, 0) is 140 Å². The number of ether oxygens (including phenoxy) is 26. The molecule has 0 bridgehead atoms. The number of anilines is 2. The molecule has 0 spiro atoms. The van der Waals surface area contributed by atoms with Crippen molar-refractivity contribution >= 4 is 11.4 Å². The van der Waals surface area contributed by atoms with Crippen molar-refractivity contribution in [1.29, 1.82) is 0 Å². The summed E-state index contributed by atoms with van der Waals surface area (Å²) in [5.41, 5.74) is 6.22. The van der Waals surface area contributed by atoms with Gasteiger partial charge in [0.2, 0.25) is 0 Å². The van der Waals surface area contributed by atoms with Crippen LogP contribution in [-0.4, -0.2) is 356 Å². The van der Waals surface area contributed by atoms with Crippen LogP contribution in [0.15, 0.2) is 136 Å². The van der Waals surface area contributed by atoms with Crippen LogP contribution in [0.4, 0.5) is 11.4 Å². The molecule has 34 heteroatoms. The predicted molar refractivity (Wildman–Crippen MR) is 480 cm³/mol. The smallest absolute Gasteiger partial charge is 0.336 e. The molecule has 17 heterocycles. The predicted octanol–water partition coefficient (Wildman–Crippen LogP) is 5.50. The Kier molecular flexibility index (Phi) is 32.0. The van der Waals surface area contributed by atoms with Gasteiger partial charge in [0.25, 0.3) is 0 Å². The number of nitrogens with zero attached hydrogens (tertiary/aromatic N) is 5. The van der Waals surface area contributed by atoms with E-state index in [-0.39, 0.29) is 96.9 Å². The minimum absolute atomic E-state index is 0.0985. The van der Waals surface area contributed by atoms with Crippen molar-refractivity contribution < 1.29 is 123 Å². The number of benzene rings is 5. The monoisotopic (exact) mass is 1850 g/mol. The summed E-state index contributed by atoms with van der Waals surface area (Å²) in [6.45, 7) is 31.5. The maximum Gasteiger partial charge on any atom is 0.336 e. The second kappa shape index (κ2) is 45.0. The Bertz CT molecular complexity index is 4270. The van der Waals surface area contributed by atoms with Gasteiger partial charge in [0.15, 0.2) is 0 Å². The third kappa shape index (κ3) is 31.8. The molecule has 16 unspecified atom stereocenters. The highest BCUT2D eigenvalue weighted by Gasteiger charge is 2.42. The van der Waals surface area contributed by atoms with Crippen molar-refractivity contribution in [2.75, 3.05) is 254 Å². The minimum atomic E-state index is -0.594. The van der Waals surface area contributed by atoms with E-state index in [1.165, 1.54) is 58.6 Å². The molecule has 0 amide bonds. The summed E-state index contributed by atoms with van der Waals surface area (Å²) in [6, 6.07) is 43.3. The molecule has 0 radical (unpaired) electrons. The lowest BCUT2D eigenvalue weighted by Gasteiger charge is -2.32. The third-order valence-corrected chi connectivity index (χ3v) is 25.8. The van der Waals surface area contributed by atoms with E-state index in [1.54, 1.807) is 0 Å². The first-order chi connectivity index (χ1) is 65.2. The fraction of sp³-hybridized carbons (Fsp3) is 0.667. The van der Waals surface area contributed by atoms with Gasteiger partial charge < -0.3 is 133 Å². The molecule has 23 rings (SSSR count). The molecular formula is C99H131N5O29. The van der Waals surface area contributed by atoms with E-state index in [0.29, 0.717) is 169 Å². The Morgan fingerprint density at radius 1 is 0.286 bits per heavy atom. The van der Waals surface area contributed by atoms with Gasteiger partial charge in [-0.05, 0) is 127 Å². The van der Waals surface area contributed by atoms with E-state index in [0.717, 1.165) is 155 Å². The molecule has 133 heavy (non-hydrogen) atoms. The Morgan fingerprint density at radius 3 is 0.737 bits per heavy atom. The van der Waals surface area contributed by atoms with Gasteiger partial charge in [-0.1, -0.05) is 67.6 Å². The minimum Gasteiger partial charge on any atom is -0.491 e. The molecule has 5 aromatic carbocycles. The Labute approximate surface area is 775 Å². The molecule has 17 aliphatic rings. The highest BCUT2D eigenvalue weighted by Crippen LogP contribution is 2.42. The van der Waals surface area contributed by atoms with Crippen LogP contribution < -0.4 is 41.1 Å². The van der Waals surface area contributed by atoms with Crippen molar-refractivity contribution in [2.45, 2.75) is 162 Å². The van der Waals surface area contributed by atoms with Gasteiger partial charge in [-0.15, -0.1) is 0 Å².